The highest BCUT2D eigenvalue weighted by Crippen LogP contribution is 2.35. The lowest BCUT2D eigenvalue weighted by molar-refractivity contribution is 0.315. The maximum Gasteiger partial charge on any atom is 0.0351 e. The van der Waals surface area contributed by atoms with E-state index in [1.807, 2.05) is 0 Å². The van der Waals surface area contributed by atoms with Crippen LogP contribution in [0.5, 0.6) is 0 Å². The van der Waals surface area contributed by atoms with Crippen molar-refractivity contribution < 1.29 is 0 Å². The highest BCUT2D eigenvalue weighted by atomic mass is 14.9. The Balaban J connectivity index is 3.48. The maximum atomic E-state index is 3.56. The number of benzene rings is 1. The third-order valence-electron chi connectivity index (χ3n) is 5.26. The molecule has 1 aromatic rings. The summed E-state index contributed by atoms with van der Waals surface area (Å²) >= 11 is 0. The summed E-state index contributed by atoms with van der Waals surface area (Å²) < 4.78 is 0. The van der Waals surface area contributed by atoms with Gasteiger partial charge < -0.3 is 5.32 Å². The largest absolute Gasteiger partial charge is 0.313 e. The smallest absolute Gasteiger partial charge is 0.0351 e. The second-order valence-corrected chi connectivity index (χ2v) is 6.41. The zero-order valence-electron chi connectivity index (χ0n) is 14.2. The minimum atomic E-state index is 0.443. The predicted octanol–water partition coefficient (Wildman–Crippen LogP) is 4.78. The van der Waals surface area contributed by atoms with Crippen molar-refractivity contribution in [2.45, 2.75) is 61.4 Å². The first kappa shape index (κ1) is 16.2. The molecule has 1 nitrogen and oxygen atoms in total. The van der Waals surface area contributed by atoms with E-state index in [2.05, 4.69) is 67.8 Å². The van der Waals surface area contributed by atoms with Crippen LogP contribution in [-0.2, 0) is 0 Å². The van der Waals surface area contributed by atoms with Crippen molar-refractivity contribution in [2.24, 2.45) is 11.8 Å². The minimum Gasteiger partial charge on any atom is -0.313 e. The third kappa shape index (κ3) is 2.86. The molecule has 1 aromatic carbocycles. The minimum absolute atomic E-state index is 0.443. The van der Waals surface area contributed by atoms with Gasteiger partial charge in [-0.2, -0.15) is 0 Å². The average molecular weight is 261 g/mol. The van der Waals surface area contributed by atoms with Gasteiger partial charge in [0.15, 0.2) is 0 Å². The second-order valence-electron chi connectivity index (χ2n) is 6.41. The fourth-order valence-corrected chi connectivity index (χ4v) is 3.05. The summed E-state index contributed by atoms with van der Waals surface area (Å²) in [5, 5.41) is 3.56. The van der Waals surface area contributed by atoms with E-state index in [1.54, 1.807) is 0 Å². The van der Waals surface area contributed by atoms with Crippen LogP contribution in [0.15, 0.2) is 0 Å². The summed E-state index contributed by atoms with van der Waals surface area (Å²) in [6.07, 6.45) is 0. The van der Waals surface area contributed by atoms with Crippen molar-refractivity contribution in [2.75, 3.05) is 7.05 Å². The molecular weight excluding hydrogens is 230 g/mol. The lowest BCUT2D eigenvalue weighted by Gasteiger charge is -2.31. The lowest BCUT2D eigenvalue weighted by Crippen LogP contribution is -2.28. The van der Waals surface area contributed by atoms with Crippen molar-refractivity contribution >= 4 is 0 Å². The van der Waals surface area contributed by atoms with Crippen LogP contribution in [0, 0.1) is 46.5 Å². The van der Waals surface area contributed by atoms with Crippen LogP contribution in [-0.4, -0.2) is 7.05 Å². The standard InChI is InChI=1S/C18H31N/c1-10(2)11(3)18(19-9)17-15(7)13(5)12(4)14(6)16(17)8/h10-11,18-19H,1-9H3. The number of nitrogens with one attached hydrogen (secondary N) is 1. The summed E-state index contributed by atoms with van der Waals surface area (Å²) in [4.78, 5) is 0. The Labute approximate surface area is 119 Å². The fourth-order valence-electron chi connectivity index (χ4n) is 3.05. The van der Waals surface area contributed by atoms with Gasteiger partial charge in [-0.15, -0.1) is 0 Å². The van der Waals surface area contributed by atoms with Gasteiger partial charge in [0.25, 0.3) is 0 Å². The molecular formula is C18H31N. The Morgan fingerprint density at radius 3 is 1.37 bits per heavy atom. The van der Waals surface area contributed by atoms with E-state index in [1.165, 1.54) is 33.4 Å². The SMILES string of the molecule is CNC(c1c(C)c(C)c(C)c(C)c1C)C(C)C(C)C. The molecule has 108 valence electrons. The fraction of sp³-hybridized carbons (Fsp3) is 0.667. The number of hydrogen-bond donors (Lipinski definition) is 1. The molecule has 0 radical (unpaired) electrons. The molecule has 0 amide bonds. The molecule has 0 saturated heterocycles. The number of hydrogen-bond acceptors (Lipinski definition) is 1. The van der Waals surface area contributed by atoms with Crippen molar-refractivity contribution in [1.82, 2.24) is 5.32 Å². The van der Waals surface area contributed by atoms with Crippen LogP contribution in [0.1, 0.15) is 60.2 Å². The quantitative estimate of drug-likeness (QED) is 0.822. The summed E-state index contributed by atoms with van der Waals surface area (Å²) in [5.74, 6) is 1.31. The molecule has 0 saturated carbocycles. The lowest BCUT2D eigenvalue weighted by atomic mass is 9.79. The van der Waals surface area contributed by atoms with E-state index in [9.17, 15) is 0 Å². The van der Waals surface area contributed by atoms with Crippen molar-refractivity contribution in [3.05, 3.63) is 33.4 Å². The van der Waals surface area contributed by atoms with Gasteiger partial charge in [-0.25, -0.2) is 0 Å². The topological polar surface area (TPSA) is 12.0 Å². The summed E-state index contributed by atoms with van der Waals surface area (Å²) in [6.45, 7) is 18.3. The Morgan fingerprint density at radius 1 is 0.684 bits per heavy atom. The molecule has 0 fully saturated rings. The van der Waals surface area contributed by atoms with Crippen molar-refractivity contribution in [3.8, 4) is 0 Å². The average Bonchev–Trinajstić information content (AvgIpc) is 2.38. The summed E-state index contributed by atoms with van der Waals surface area (Å²) in [5.41, 5.74) is 8.80. The number of rotatable bonds is 4. The molecule has 0 bridgehead atoms. The molecule has 0 aliphatic heterocycles. The van der Waals surface area contributed by atoms with Gasteiger partial charge in [-0.3, -0.25) is 0 Å². The van der Waals surface area contributed by atoms with Crippen LogP contribution in [0.25, 0.3) is 0 Å². The van der Waals surface area contributed by atoms with E-state index in [0.29, 0.717) is 17.9 Å². The van der Waals surface area contributed by atoms with Gasteiger partial charge in [0.2, 0.25) is 0 Å². The van der Waals surface area contributed by atoms with Gasteiger partial charge in [-0.05, 0) is 86.9 Å². The molecule has 0 aromatic heterocycles. The van der Waals surface area contributed by atoms with E-state index in [0.717, 1.165) is 0 Å². The Kier molecular flexibility index (Phi) is 5.20. The Hall–Kier alpha value is -0.820. The van der Waals surface area contributed by atoms with Gasteiger partial charge in [0.05, 0.1) is 0 Å². The highest BCUT2D eigenvalue weighted by Gasteiger charge is 2.25. The first-order valence-corrected chi connectivity index (χ1v) is 7.48. The molecule has 1 rings (SSSR count). The molecule has 1 heteroatoms. The molecule has 2 atom stereocenters. The van der Waals surface area contributed by atoms with Crippen molar-refractivity contribution in [1.29, 1.82) is 0 Å². The predicted molar refractivity (Wildman–Crippen MR) is 85.9 cm³/mol. The van der Waals surface area contributed by atoms with Crippen LogP contribution in [0.4, 0.5) is 0 Å². The third-order valence-corrected chi connectivity index (χ3v) is 5.26. The molecule has 0 aliphatic carbocycles. The normalized spacial score (nSPS) is 14.8. The zero-order valence-corrected chi connectivity index (χ0v) is 14.2. The summed E-state index contributed by atoms with van der Waals surface area (Å²) in [6, 6.07) is 0.443. The zero-order chi connectivity index (χ0) is 14.9. The van der Waals surface area contributed by atoms with E-state index < -0.39 is 0 Å². The van der Waals surface area contributed by atoms with E-state index in [-0.39, 0.29) is 0 Å². The Bertz CT molecular complexity index is 428. The van der Waals surface area contributed by atoms with E-state index in [4.69, 9.17) is 0 Å². The summed E-state index contributed by atoms with van der Waals surface area (Å²) in [7, 11) is 2.09. The van der Waals surface area contributed by atoms with Crippen LogP contribution >= 0.6 is 0 Å². The maximum absolute atomic E-state index is 3.56. The molecule has 1 N–H and O–H groups in total. The van der Waals surface area contributed by atoms with Crippen molar-refractivity contribution in [3.63, 3.8) is 0 Å². The van der Waals surface area contributed by atoms with Gasteiger partial charge >= 0.3 is 0 Å². The monoisotopic (exact) mass is 261 g/mol. The van der Waals surface area contributed by atoms with E-state index >= 15 is 0 Å². The van der Waals surface area contributed by atoms with Gasteiger partial charge in [0.1, 0.15) is 0 Å². The van der Waals surface area contributed by atoms with Gasteiger partial charge in [-0.1, -0.05) is 20.8 Å². The Morgan fingerprint density at radius 2 is 1.05 bits per heavy atom. The molecule has 19 heavy (non-hydrogen) atoms. The van der Waals surface area contributed by atoms with Gasteiger partial charge in [0, 0.05) is 6.04 Å². The molecule has 2 unspecified atom stereocenters. The first-order valence-electron chi connectivity index (χ1n) is 7.48. The molecule has 0 aliphatic rings. The van der Waals surface area contributed by atoms with Crippen LogP contribution in [0.2, 0.25) is 0 Å². The highest BCUT2D eigenvalue weighted by molar-refractivity contribution is 5.50. The van der Waals surface area contributed by atoms with Crippen LogP contribution < -0.4 is 5.32 Å². The second kappa shape index (κ2) is 6.09. The van der Waals surface area contributed by atoms with Crippen LogP contribution in [0.3, 0.4) is 0 Å². The molecule has 0 spiro atoms. The molecule has 0 heterocycles. The first-order chi connectivity index (χ1) is 8.73.